The molecular formula is C16H12ClFN2O2S. The van der Waals surface area contributed by atoms with Gasteiger partial charge < -0.3 is 10.1 Å². The minimum Gasteiger partial charge on any atom is -0.482 e. The van der Waals surface area contributed by atoms with Crippen LogP contribution >= 0.6 is 23.4 Å². The quantitative estimate of drug-likeness (QED) is 0.642. The van der Waals surface area contributed by atoms with Gasteiger partial charge in [0, 0.05) is 10.6 Å². The molecule has 4 nitrogen and oxygen atoms in total. The lowest BCUT2D eigenvalue weighted by atomic mass is 10.2. The smallest absolute Gasteiger partial charge is 0.262 e. The molecule has 0 fully saturated rings. The Morgan fingerprint density at radius 3 is 2.83 bits per heavy atom. The molecular weight excluding hydrogens is 339 g/mol. The fraction of sp³-hybridized carbons (Fsp3) is 0.125. The largest absolute Gasteiger partial charge is 0.482 e. The number of nitriles is 1. The van der Waals surface area contributed by atoms with Crippen LogP contribution in [0.15, 0.2) is 41.3 Å². The van der Waals surface area contributed by atoms with Gasteiger partial charge in [-0.25, -0.2) is 4.39 Å². The highest BCUT2D eigenvalue weighted by atomic mass is 35.5. The summed E-state index contributed by atoms with van der Waals surface area (Å²) >= 11 is 6.87. The van der Waals surface area contributed by atoms with Gasteiger partial charge in [-0.2, -0.15) is 5.26 Å². The fourth-order valence-corrected chi connectivity index (χ4v) is 2.51. The Labute approximate surface area is 142 Å². The normalized spacial score (nSPS) is 10.0. The third kappa shape index (κ3) is 4.88. The van der Waals surface area contributed by atoms with E-state index < -0.39 is 5.82 Å². The third-order valence-corrected chi connectivity index (χ3v) is 3.76. The van der Waals surface area contributed by atoms with E-state index in [1.807, 2.05) is 12.3 Å². The summed E-state index contributed by atoms with van der Waals surface area (Å²) in [7, 11) is 0. The maximum atomic E-state index is 12.9. The maximum absolute atomic E-state index is 12.9. The number of thioether (sulfide) groups is 1. The average Bonchev–Trinajstić information content (AvgIpc) is 2.49. The lowest BCUT2D eigenvalue weighted by Crippen LogP contribution is -2.20. The molecule has 0 aliphatic rings. The van der Waals surface area contributed by atoms with Gasteiger partial charge in [0.15, 0.2) is 6.61 Å². The molecule has 0 bridgehead atoms. The third-order valence-electron chi connectivity index (χ3n) is 2.89. The molecule has 0 unspecified atom stereocenters. The second kappa shape index (κ2) is 7.86. The zero-order valence-electron chi connectivity index (χ0n) is 12.1. The van der Waals surface area contributed by atoms with Crippen LogP contribution in [0.2, 0.25) is 5.02 Å². The standard InChI is InChI=1S/C16H12ClFN2O2S/c1-10-6-12(23-9-19)3-4-14(10)20-16(21)8-22-15-5-2-11(18)7-13(15)17/h2-7H,8H2,1H3,(H,20,21). The number of carbonyl (C=O) groups is 1. The summed E-state index contributed by atoms with van der Waals surface area (Å²) in [4.78, 5) is 12.7. The minimum atomic E-state index is -0.474. The molecule has 7 heteroatoms. The van der Waals surface area contributed by atoms with Gasteiger partial charge in [-0.1, -0.05) is 11.6 Å². The first-order valence-electron chi connectivity index (χ1n) is 6.54. The van der Waals surface area contributed by atoms with Crippen molar-refractivity contribution in [3.63, 3.8) is 0 Å². The second-order valence-corrected chi connectivity index (χ2v) is 5.85. The predicted octanol–water partition coefficient (Wildman–Crippen LogP) is 4.38. The monoisotopic (exact) mass is 350 g/mol. The lowest BCUT2D eigenvalue weighted by molar-refractivity contribution is -0.118. The molecule has 1 amide bonds. The van der Waals surface area contributed by atoms with Crippen molar-refractivity contribution in [2.24, 2.45) is 0 Å². The number of ether oxygens (including phenoxy) is 1. The summed E-state index contributed by atoms with van der Waals surface area (Å²) in [5, 5.41) is 13.4. The van der Waals surface area contributed by atoms with Crippen molar-refractivity contribution >= 4 is 35.0 Å². The van der Waals surface area contributed by atoms with Gasteiger partial charge in [-0.3, -0.25) is 4.79 Å². The van der Waals surface area contributed by atoms with Crippen molar-refractivity contribution in [1.29, 1.82) is 5.26 Å². The SMILES string of the molecule is Cc1cc(SC#N)ccc1NC(=O)COc1ccc(F)cc1Cl. The first kappa shape index (κ1) is 17.1. The molecule has 0 heterocycles. The van der Waals surface area contributed by atoms with E-state index in [2.05, 4.69) is 5.32 Å². The lowest BCUT2D eigenvalue weighted by Gasteiger charge is -2.11. The number of anilines is 1. The molecule has 0 spiro atoms. The number of halogens is 2. The minimum absolute atomic E-state index is 0.104. The first-order valence-corrected chi connectivity index (χ1v) is 7.73. The second-order valence-electron chi connectivity index (χ2n) is 4.58. The van der Waals surface area contributed by atoms with Gasteiger partial charge >= 0.3 is 0 Å². The van der Waals surface area contributed by atoms with Crippen LogP contribution in [0.3, 0.4) is 0 Å². The molecule has 2 rings (SSSR count). The molecule has 0 radical (unpaired) electrons. The summed E-state index contributed by atoms with van der Waals surface area (Å²) in [5.41, 5.74) is 1.46. The van der Waals surface area contributed by atoms with Gasteiger partial charge in [0.1, 0.15) is 17.0 Å². The Hall–Kier alpha value is -2.23. The topological polar surface area (TPSA) is 62.1 Å². The van der Waals surface area contributed by atoms with Crippen LogP contribution in [-0.2, 0) is 4.79 Å². The van der Waals surface area contributed by atoms with Crippen LogP contribution in [0.4, 0.5) is 10.1 Å². The molecule has 1 N–H and O–H groups in total. The van der Waals surface area contributed by atoms with Crippen LogP contribution in [0.25, 0.3) is 0 Å². The van der Waals surface area contributed by atoms with Gasteiger partial charge in [0.25, 0.3) is 5.91 Å². The number of aryl methyl sites for hydroxylation is 1. The number of nitrogens with one attached hydrogen (secondary N) is 1. The van der Waals surface area contributed by atoms with Crippen LogP contribution in [0.5, 0.6) is 5.75 Å². The van der Waals surface area contributed by atoms with E-state index in [1.54, 1.807) is 18.2 Å². The predicted molar refractivity (Wildman–Crippen MR) is 88.2 cm³/mol. The molecule has 118 valence electrons. The van der Waals surface area contributed by atoms with Gasteiger partial charge in [0.05, 0.1) is 5.02 Å². The van der Waals surface area contributed by atoms with E-state index >= 15 is 0 Å². The van der Waals surface area contributed by atoms with E-state index in [-0.39, 0.29) is 23.3 Å². The van der Waals surface area contributed by atoms with Crippen molar-refractivity contribution in [3.8, 4) is 11.2 Å². The summed E-state index contributed by atoms with van der Waals surface area (Å²) in [6, 6.07) is 8.96. The number of benzene rings is 2. The maximum Gasteiger partial charge on any atom is 0.262 e. The van der Waals surface area contributed by atoms with E-state index in [9.17, 15) is 9.18 Å². The highest BCUT2D eigenvalue weighted by molar-refractivity contribution is 8.03. The number of hydrogen-bond donors (Lipinski definition) is 1. The molecule has 2 aromatic rings. The number of hydrogen-bond acceptors (Lipinski definition) is 4. The van der Waals surface area contributed by atoms with Crippen molar-refractivity contribution in [2.75, 3.05) is 11.9 Å². The number of carbonyl (C=O) groups excluding carboxylic acids is 1. The van der Waals surface area contributed by atoms with Crippen molar-refractivity contribution < 1.29 is 13.9 Å². The Morgan fingerprint density at radius 2 is 2.17 bits per heavy atom. The van der Waals surface area contributed by atoms with E-state index in [1.165, 1.54) is 12.1 Å². The van der Waals surface area contributed by atoms with Crippen molar-refractivity contribution in [2.45, 2.75) is 11.8 Å². The summed E-state index contributed by atoms with van der Waals surface area (Å²) in [5.74, 6) is -0.604. The van der Waals surface area contributed by atoms with Crippen LogP contribution in [0.1, 0.15) is 5.56 Å². The van der Waals surface area contributed by atoms with Crippen molar-refractivity contribution in [1.82, 2.24) is 0 Å². The average molecular weight is 351 g/mol. The number of thiocyanates is 1. The summed E-state index contributed by atoms with van der Waals surface area (Å²) < 4.78 is 18.2. The molecule has 2 aromatic carbocycles. The molecule has 0 aliphatic heterocycles. The van der Waals surface area contributed by atoms with E-state index in [4.69, 9.17) is 21.6 Å². The zero-order chi connectivity index (χ0) is 16.8. The van der Waals surface area contributed by atoms with E-state index in [0.29, 0.717) is 5.69 Å². The number of amides is 1. The molecule has 0 atom stereocenters. The molecule has 23 heavy (non-hydrogen) atoms. The summed E-state index contributed by atoms with van der Waals surface area (Å²) in [6.45, 7) is 1.58. The number of rotatable bonds is 5. The van der Waals surface area contributed by atoms with Crippen molar-refractivity contribution in [3.05, 3.63) is 52.8 Å². The molecule has 0 saturated heterocycles. The zero-order valence-corrected chi connectivity index (χ0v) is 13.7. The Balaban J connectivity index is 1.96. The first-order chi connectivity index (χ1) is 11.0. The number of nitrogens with zero attached hydrogens (tertiary/aromatic N) is 1. The molecule has 0 aromatic heterocycles. The Morgan fingerprint density at radius 1 is 1.39 bits per heavy atom. The Bertz CT molecular complexity index is 777. The fourth-order valence-electron chi connectivity index (χ4n) is 1.81. The molecule has 0 aliphatic carbocycles. The van der Waals surface area contributed by atoms with Crippen LogP contribution in [-0.4, -0.2) is 12.5 Å². The summed E-state index contributed by atoms with van der Waals surface area (Å²) in [6.07, 6.45) is 0. The highest BCUT2D eigenvalue weighted by Gasteiger charge is 2.09. The van der Waals surface area contributed by atoms with Gasteiger partial charge in [-0.05, 0) is 60.6 Å². The van der Waals surface area contributed by atoms with Gasteiger partial charge in [0.2, 0.25) is 0 Å². The Kier molecular flexibility index (Phi) is 5.85. The highest BCUT2D eigenvalue weighted by Crippen LogP contribution is 2.25. The van der Waals surface area contributed by atoms with Gasteiger partial charge in [-0.15, -0.1) is 0 Å². The van der Waals surface area contributed by atoms with Crippen LogP contribution < -0.4 is 10.1 Å². The van der Waals surface area contributed by atoms with Crippen LogP contribution in [0, 0.1) is 23.4 Å². The van der Waals surface area contributed by atoms with E-state index in [0.717, 1.165) is 28.3 Å². The molecule has 0 saturated carbocycles.